The van der Waals surface area contributed by atoms with E-state index in [9.17, 15) is 18.0 Å². The Bertz CT molecular complexity index is 1330. The number of para-hydroxylation sites is 2. The Labute approximate surface area is 231 Å². The first-order valence-corrected chi connectivity index (χ1v) is 14.5. The summed E-state index contributed by atoms with van der Waals surface area (Å²) in [4.78, 5) is 28.7. The minimum Gasteiger partial charge on any atom is -0.495 e. The Kier molecular flexibility index (Phi) is 10.5. The van der Waals surface area contributed by atoms with Crippen LogP contribution in [-0.4, -0.2) is 57.4 Å². The van der Waals surface area contributed by atoms with Crippen molar-refractivity contribution in [1.82, 2.24) is 10.2 Å². The molecule has 9 heteroatoms. The van der Waals surface area contributed by atoms with Crippen LogP contribution in [0.15, 0.2) is 89.8 Å². The molecule has 0 saturated carbocycles. The summed E-state index contributed by atoms with van der Waals surface area (Å²) in [6.45, 7) is 5.30. The van der Waals surface area contributed by atoms with E-state index in [1.165, 1.54) is 24.1 Å². The molecule has 0 aromatic heterocycles. The molecule has 0 aliphatic carbocycles. The molecule has 208 valence electrons. The number of carbonyl (C=O) groups excluding carboxylic acids is 2. The predicted molar refractivity (Wildman–Crippen MR) is 153 cm³/mol. The lowest BCUT2D eigenvalue weighted by Gasteiger charge is -2.33. The van der Waals surface area contributed by atoms with Crippen molar-refractivity contribution in [3.05, 3.63) is 90.5 Å². The number of methoxy groups -OCH3 is 1. The maximum absolute atomic E-state index is 14.0. The summed E-state index contributed by atoms with van der Waals surface area (Å²) in [6.07, 6.45) is 0.886. The van der Waals surface area contributed by atoms with Crippen LogP contribution in [0.1, 0.15) is 32.8 Å². The first-order chi connectivity index (χ1) is 18.7. The summed E-state index contributed by atoms with van der Waals surface area (Å²) >= 11 is 0. The van der Waals surface area contributed by atoms with E-state index < -0.39 is 28.5 Å². The molecule has 0 bridgehead atoms. The Morgan fingerprint density at radius 3 is 2.08 bits per heavy atom. The van der Waals surface area contributed by atoms with E-state index in [0.29, 0.717) is 18.6 Å². The third-order valence-electron chi connectivity index (χ3n) is 6.26. The number of benzene rings is 3. The van der Waals surface area contributed by atoms with Crippen molar-refractivity contribution in [1.29, 1.82) is 0 Å². The Morgan fingerprint density at radius 2 is 1.49 bits per heavy atom. The van der Waals surface area contributed by atoms with E-state index in [0.717, 1.165) is 9.87 Å². The third-order valence-corrected chi connectivity index (χ3v) is 8.04. The van der Waals surface area contributed by atoms with Gasteiger partial charge in [-0.1, -0.05) is 67.6 Å². The van der Waals surface area contributed by atoms with Crippen LogP contribution in [-0.2, 0) is 26.0 Å². The van der Waals surface area contributed by atoms with Gasteiger partial charge in [0.05, 0.1) is 17.7 Å². The lowest BCUT2D eigenvalue weighted by Crippen LogP contribution is -2.54. The third kappa shape index (κ3) is 7.60. The van der Waals surface area contributed by atoms with Gasteiger partial charge in [0.25, 0.3) is 10.0 Å². The summed E-state index contributed by atoms with van der Waals surface area (Å²) < 4.78 is 34.3. The zero-order valence-corrected chi connectivity index (χ0v) is 23.7. The first kappa shape index (κ1) is 29.7. The van der Waals surface area contributed by atoms with Gasteiger partial charge in [-0.3, -0.25) is 13.9 Å². The second-order valence-electron chi connectivity index (χ2n) is 9.41. The predicted octanol–water partition coefficient (Wildman–Crippen LogP) is 4.27. The van der Waals surface area contributed by atoms with Gasteiger partial charge in [-0.15, -0.1) is 0 Å². The molecule has 0 spiro atoms. The molecule has 3 rings (SSSR count). The van der Waals surface area contributed by atoms with Crippen LogP contribution in [0.2, 0.25) is 0 Å². The van der Waals surface area contributed by atoms with E-state index in [1.54, 1.807) is 42.5 Å². The fraction of sp³-hybridized carbons (Fsp3) is 0.333. The van der Waals surface area contributed by atoms with E-state index in [2.05, 4.69) is 5.32 Å². The van der Waals surface area contributed by atoms with Gasteiger partial charge in [0.1, 0.15) is 18.3 Å². The van der Waals surface area contributed by atoms with Crippen molar-refractivity contribution in [3.8, 4) is 5.75 Å². The van der Waals surface area contributed by atoms with E-state index in [4.69, 9.17) is 4.74 Å². The Hall–Kier alpha value is -3.85. The largest absolute Gasteiger partial charge is 0.495 e. The molecule has 0 fully saturated rings. The van der Waals surface area contributed by atoms with Gasteiger partial charge >= 0.3 is 0 Å². The number of hydrogen-bond donors (Lipinski definition) is 1. The fourth-order valence-electron chi connectivity index (χ4n) is 4.35. The maximum Gasteiger partial charge on any atom is 0.264 e. The van der Waals surface area contributed by atoms with Crippen LogP contribution in [0.3, 0.4) is 0 Å². The van der Waals surface area contributed by atoms with E-state index in [-0.39, 0.29) is 29.1 Å². The highest BCUT2D eigenvalue weighted by Gasteiger charge is 2.34. The number of amides is 2. The molecule has 1 N–H and O–H groups in total. The molecular weight excluding hydrogens is 514 g/mol. The number of nitrogens with zero attached hydrogens (tertiary/aromatic N) is 2. The smallest absolute Gasteiger partial charge is 0.264 e. The fourth-order valence-corrected chi connectivity index (χ4v) is 5.79. The quantitative estimate of drug-likeness (QED) is 0.342. The highest BCUT2D eigenvalue weighted by atomic mass is 32.2. The van der Waals surface area contributed by atoms with Crippen LogP contribution < -0.4 is 14.4 Å². The lowest BCUT2D eigenvalue weighted by atomic mass is 10.1. The number of nitrogens with one attached hydrogen (secondary N) is 1. The number of anilines is 1. The molecule has 0 saturated heterocycles. The number of carbonyl (C=O) groups is 2. The van der Waals surface area contributed by atoms with Gasteiger partial charge in [-0.05, 0) is 56.5 Å². The van der Waals surface area contributed by atoms with E-state index >= 15 is 0 Å². The first-order valence-electron chi connectivity index (χ1n) is 13.0. The van der Waals surface area contributed by atoms with Crippen LogP contribution >= 0.6 is 0 Å². The van der Waals surface area contributed by atoms with Crippen LogP contribution in [0.25, 0.3) is 0 Å². The second-order valence-corrected chi connectivity index (χ2v) is 11.3. The molecule has 0 heterocycles. The number of ether oxygens (including phenoxy) is 1. The molecule has 8 nitrogen and oxygen atoms in total. The summed E-state index contributed by atoms with van der Waals surface area (Å²) in [5.74, 6) is -0.448. The standard InChI is InChI=1S/C30H37N3O5S/c1-5-26(30(35)31-23(2)3)32(21-20-24-14-8-6-9-15-24)29(34)22-33(27-18-12-13-19-28(27)38-4)39(36,37)25-16-10-7-11-17-25/h6-19,23,26H,5,20-22H2,1-4H3,(H,31,35)/t26-/m0/s1. The summed E-state index contributed by atoms with van der Waals surface area (Å²) in [5, 5.41) is 2.90. The van der Waals surface area contributed by atoms with Crippen molar-refractivity contribution in [3.63, 3.8) is 0 Å². The van der Waals surface area contributed by atoms with E-state index in [1.807, 2.05) is 51.1 Å². The molecule has 0 radical (unpaired) electrons. The highest BCUT2D eigenvalue weighted by molar-refractivity contribution is 7.92. The molecule has 3 aromatic carbocycles. The molecular formula is C30H37N3O5S. The Morgan fingerprint density at radius 1 is 0.897 bits per heavy atom. The van der Waals surface area contributed by atoms with Gasteiger partial charge in [-0.25, -0.2) is 8.42 Å². The lowest BCUT2D eigenvalue weighted by molar-refractivity contribution is -0.139. The monoisotopic (exact) mass is 551 g/mol. The number of hydrogen-bond acceptors (Lipinski definition) is 5. The van der Waals surface area contributed by atoms with Gasteiger partial charge in [0.15, 0.2) is 0 Å². The van der Waals surface area contributed by atoms with Crippen molar-refractivity contribution in [2.75, 3.05) is 24.5 Å². The molecule has 0 aliphatic heterocycles. The van der Waals surface area contributed by atoms with Crippen molar-refractivity contribution < 1.29 is 22.7 Å². The number of sulfonamides is 1. The molecule has 3 aromatic rings. The average Bonchev–Trinajstić information content (AvgIpc) is 2.94. The van der Waals surface area contributed by atoms with Crippen molar-refractivity contribution in [2.24, 2.45) is 0 Å². The minimum atomic E-state index is -4.15. The van der Waals surface area contributed by atoms with Crippen molar-refractivity contribution in [2.45, 2.75) is 50.6 Å². The van der Waals surface area contributed by atoms with Gasteiger partial charge in [0.2, 0.25) is 11.8 Å². The summed E-state index contributed by atoms with van der Waals surface area (Å²) in [6, 6.07) is 23.4. The van der Waals surface area contributed by atoms with Gasteiger partial charge in [-0.2, -0.15) is 0 Å². The normalized spacial score (nSPS) is 12.0. The molecule has 0 unspecified atom stereocenters. The SMILES string of the molecule is CC[C@@H](C(=O)NC(C)C)N(CCc1ccccc1)C(=O)CN(c1ccccc1OC)S(=O)(=O)c1ccccc1. The van der Waals surface area contributed by atoms with Crippen LogP contribution in [0.5, 0.6) is 5.75 Å². The molecule has 0 aliphatic rings. The number of rotatable bonds is 13. The highest BCUT2D eigenvalue weighted by Crippen LogP contribution is 2.32. The second kappa shape index (κ2) is 13.8. The van der Waals surface area contributed by atoms with Gasteiger partial charge in [0, 0.05) is 12.6 Å². The van der Waals surface area contributed by atoms with Crippen LogP contribution in [0, 0.1) is 0 Å². The zero-order valence-electron chi connectivity index (χ0n) is 22.9. The topological polar surface area (TPSA) is 96.0 Å². The zero-order chi connectivity index (χ0) is 28.4. The minimum absolute atomic E-state index is 0.0455. The average molecular weight is 552 g/mol. The van der Waals surface area contributed by atoms with Crippen LogP contribution in [0.4, 0.5) is 5.69 Å². The van der Waals surface area contributed by atoms with Gasteiger partial charge < -0.3 is 15.0 Å². The summed E-state index contributed by atoms with van der Waals surface area (Å²) in [7, 11) is -2.70. The maximum atomic E-state index is 14.0. The summed E-state index contributed by atoms with van der Waals surface area (Å²) in [5.41, 5.74) is 1.24. The molecule has 2 amide bonds. The Balaban J connectivity index is 2.03. The molecule has 1 atom stereocenters. The van der Waals surface area contributed by atoms with Crippen molar-refractivity contribution >= 4 is 27.5 Å². The molecule has 39 heavy (non-hydrogen) atoms.